The van der Waals surface area contributed by atoms with E-state index in [1.165, 1.54) is 12.1 Å². The predicted molar refractivity (Wildman–Crippen MR) is 74.5 cm³/mol. The fraction of sp³-hybridized carbons (Fsp3) is 0.0667. The fourth-order valence-electron chi connectivity index (χ4n) is 1.69. The van der Waals surface area contributed by atoms with Crippen LogP contribution in [0.25, 0.3) is 11.6 Å². The Labute approximate surface area is 117 Å². The summed E-state index contributed by atoms with van der Waals surface area (Å²) in [5.41, 5.74) is 0.00410. The summed E-state index contributed by atoms with van der Waals surface area (Å²) in [6, 6.07) is 14.6. The van der Waals surface area contributed by atoms with Crippen molar-refractivity contribution in [3.63, 3.8) is 0 Å². The highest BCUT2D eigenvalue weighted by atomic mass is 79.9. The van der Waals surface area contributed by atoms with Crippen LogP contribution in [0.3, 0.4) is 0 Å². The van der Waals surface area contributed by atoms with E-state index in [1.54, 1.807) is 42.5 Å². The molecule has 19 heavy (non-hydrogen) atoms. The minimum atomic E-state index is -4.39. The number of hydrogen-bond donors (Lipinski definition) is 0. The van der Waals surface area contributed by atoms with Crippen LogP contribution in [0.4, 0.5) is 13.2 Å². The molecule has 0 aromatic heterocycles. The molecule has 0 amide bonds. The van der Waals surface area contributed by atoms with Gasteiger partial charge in [-0.3, -0.25) is 0 Å². The standard InChI is InChI=1S/C15H10BrF3/c16-14-9-5-4-8-12(14)10-13(15(17,18)19)11-6-2-1-3-7-11/h1-10H/b13-10+. The minimum absolute atomic E-state index is 0.158. The van der Waals surface area contributed by atoms with Gasteiger partial charge < -0.3 is 0 Å². The zero-order chi connectivity index (χ0) is 13.9. The van der Waals surface area contributed by atoms with Crippen LogP contribution in [0.15, 0.2) is 59.1 Å². The largest absolute Gasteiger partial charge is 0.417 e. The van der Waals surface area contributed by atoms with Gasteiger partial charge in [0.15, 0.2) is 0 Å². The number of halogens is 4. The highest BCUT2D eigenvalue weighted by molar-refractivity contribution is 9.10. The Kier molecular flexibility index (Phi) is 4.10. The van der Waals surface area contributed by atoms with Gasteiger partial charge in [0.25, 0.3) is 0 Å². The third-order valence-electron chi connectivity index (χ3n) is 2.60. The van der Waals surface area contributed by atoms with E-state index in [4.69, 9.17) is 0 Å². The molecule has 0 saturated carbocycles. The van der Waals surface area contributed by atoms with Crippen molar-refractivity contribution in [2.45, 2.75) is 6.18 Å². The lowest BCUT2D eigenvalue weighted by Crippen LogP contribution is -2.10. The van der Waals surface area contributed by atoms with E-state index in [1.807, 2.05) is 0 Å². The quantitative estimate of drug-likeness (QED) is 0.634. The van der Waals surface area contributed by atoms with Gasteiger partial charge in [0.05, 0.1) is 5.57 Å². The van der Waals surface area contributed by atoms with Gasteiger partial charge in [-0.25, -0.2) is 0 Å². The zero-order valence-corrected chi connectivity index (χ0v) is 11.4. The Hall–Kier alpha value is -1.55. The molecule has 2 aromatic carbocycles. The normalized spacial score (nSPS) is 12.5. The lowest BCUT2D eigenvalue weighted by molar-refractivity contribution is -0.0683. The van der Waals surface area contributed by atoms with Gasteiger partial charge in [0.1, 0.15) is 0 Å². The molecule has 4 heteroatoms. The average molecular weight is 327 g/mol. The first-order valence-electron chi connectivity index (χ1n) is 5.57. The Morgan fingerprint density at radius 1 is 0.895 bits per heavy atom. The van der Waals surface area contributed by atoms with E-state index < -0.39 is 11.7 Å². The first-order valence-corrected chi connectivity index (χ1v) is 6.36. The topological polar surface area (TPSA) is 0 Å². The van der Waals surface area contributed by atoms with Crippen LogP contribution >= 0.6 is 15.9 Å². The van der Waals surface area contributed by atoms with Crippen LogP contribution in [-0.4, -0.2) is 6.18 Å². The van der Waals surface area contributed by atoms with E-state index in [0.29, 0.717) is 10.0 Å². The monoisotopic (exact) mass is 326 g/mol. The van der Waals surface area contributed by atoms with Gasteiger partial charge in [-0.05, 0) is 23.3 Å². The molecule has 0 fully saturated rings. The molecule has 0 saturated heterocycles. The summed E-state index contributed by atoms with van der Waals surface area (Å²) < 4.78 is 40.1. The van der Waals surface area contributed by atoms with E-state index in [2.05, 4.69) is 15.9 Å². The highest BCUT2D eigenvalue weighted by Gasteiger charge is 2.34. The molecular formula is C15H10BrF3. The third-order valence-corrected chi connectivity index (χ3v) is 3.32. The Morgan fingerprint density at radius 3 is 2.05 bits per heavy atom. The summed E-state index contributed by atoms with van der Waals surface area (Å²) in [6.07, 6.45) is -3.24. The molecule has 0 bridgehead atoms. The lowest BCUT2D eigenvalue weighted by Gasteiger charge is -2.12. The van der Waals surface area contributed by atoms with Gasteiger partial charge >= 0.3 is 6.18 Å². The molecule has 0 spiro atoms. The predicted octanol–water partition coefficient (Wildman–Crippen LogP) is 5.55. The Bertz CT molecular complexity index is 586. The number of allylic oxidation sites excluding steroid dienone is 1. The maximum absolute atomic E-state index is 13.1. The summed E-state index contributed by atoms with van der Waals surface area (Å²) in [5, 5.41) is 0. The lowest BCUT2D eigenvalue weighted by atomic mass is 10.0. The van der Waals surface area contributed by atoms with Crippen LogP contribution in [-0.2, 0) is 0 Å². The van der Waals surface area contributed by atoms with Gasteiger partial charge in [-0.2, -0.15) is 13.2 Å². The van der Waals surface area contributed by atoms with Crippen molar-refractivity contribution in [1.82, 2.24) is 0 Å². The zero-order valence-electron chi connectivity index (χ0n) is 9.79. The van der Waals surface area contributed by atoms with Crippen molar-refractivity contribution >= 4 is 27.6 Å². The first kappa shape index (κ1) is 13.9. The highest BCUT2D eigenvalue weighted by Crippen LogP contribution is 2.36. The molecule has 2 aromatic rings. The van der Waals surface area contributed by atoms with Gasteiger partial charge in [-0.15, -0.1) is 0 Å². The summed E-state index contributed by atoms with van der Waals surface area (Å²) >= 11 is 3.25. The second-order valence-corrected chi connectivity index (χ2v) is 4.80. The SMILES string of the molecule is FC(F)(F)/C(=C/c1ccccc1Br)c1ccccc1. The average Bonchev–Trinajstić information content (AvgIpc) is 2.37. The van der Waals surface area contributed by atoms with Crippen molar-refractivity contribution in [3.05, 3.63) is 70.2 Å². The molecule has 0 N–H and O–H groups in total. The number of hydrogen-bond acceptors (Lipinski definition) is 0. The second kappa shape index (κ2) is 5.61. The molecule has 0 aliphatic carbocycles. The Morgan fingerprint density at radius 2 is 1.47 bits per heavy atom. The van der Waals surface area contributed by atoms with Crippen molar-refractivity contribution < 1.29 is 13.2 Å². The molecule has 2 rings (SSSR count). The molecule has 0 aliphatic rings. The summed E-state index contributed by atoms with van der Waals surface area (Å²) in [5.74, 6) is 0. The van der Waals surface area contributed by atoms with Gasteiger partial charge in [0, 0.05) is 4.47 Å². The molecule has 0 nitrogen and oxygen atoms in total. The smallest absolute Gasteiger partial charge is 0.166 e. The van der Waals surface area contributed by atoms with Crippen LogP contribution < -0.4 is 0 Å². The van der Waals surface area contributed by atoms with Crippen LogP contribution in [0.5, 0.6) is 0 Å². The van der Waals surface area contributed by atoms with Crippen molar-refractivity contribution in [2.75, 3.05) is 0 Å². The maximum Gasteiger partial charge on any atom is 0.417 e. The number of alkyl halides is 3. The van der Waals surface area contributed by atoms with Crippen molar-refractivity contribution in [3.8, 4) is 0 Å². The minimum Gasteiger partial charge on any atom is -0.166 e. The van der Waals surface area contributed by atoms with Crippen molar-refractivity contribution in [1.29, 1.82) is 0 Å². The second-order valence-electron chi connectivity index (χ2n) is 3.94. The molecule has 0 atom stereocenters. The summed E-state index contributed by atoms with van der Waals surface area (Å²) in [6.45, 7) is 0. The van der Waals surface area contributed by atoms with E-state index in [0.717, 1.165) is 6.08 Å². The molecule has 0 unspecified atom stereocenters. The van der Waals surface area contributed by atoms with Crippen molar-refractivity contribution in [2.24, 2.45) is 0 Å². The van der Waals surface area contributed by atoms with Gasteiger partial charge in [0.2, 0.25) is 0 Å². The molecule has 0 aliphatic heterocycles. The number of benzene rings is 2. The van der Waals surface area contributed by atoms with E-state index in [9.17, 15) is 13.2 Å². The number of rotatable bonds is 2. The maximum atomic E-state index is 13.1. The first-order chi connectivity index (χ1) is 8.98. The summed E-state index contributed by atoms with van der Waals surface area (Å²) in [4.78, 5) is 0. The van der Waals surface area contributed by atoms with Crippen LogP contribution in [0.1, 0.15) is 11.1 Å². The Balaban J connectivity index is 2.55. The van der Waals surface area contributed by atoms with E-state index in [-0.39, 0.29) is 5.56 Å². The molecular weight excluding hydrogens is 317 g/mol. The van der Waals surface area contributed by atoms with Gasteiger partial charge in [-0.1, -0.05) is 64.5 Å². The third kappa shape index (κ3) is 3.47. The summed E-state index contributed by atoms with van der Waals surface area (Å²) in [7, 11) is 0. The van der Waals surface area contributed by atoms with Crippen LogP contribution in [0.2, 0.25) is 0 Å². The molecule has 98 valence electrons. The fourth-order valence-corrected chi connectivity index (χ4v) is 2.09. The van der Waals surface area contributed by atoms with Crippen LogP contribution in [0, 0.1) is 0 Å². The molecule has 0 heterocycles. The van der Waals surface area contributed by atoms with E-state index >= 15 is 0 Å². The molecule has 0 radical (unpaired) electrons.